The van der Waals surface area contributed by atoms with Crippen molar-refractivity contribution in [3.8, 4) is 0 Å². The molecule has 0 unspecified atom stereocenters. The van der Waals surface area contributed by atoms with E-state index in [1.54, 1.807) is 0 Å². The Kier molecular flexibility index (Phi) is 7.01. The molecule has 4 nitrogen and oxygen atoms in total. The molecule has 1 amide bonds. The fourth-order valence-corrected chi connectivity index (χ4v) is 2.09. The number of unbranched alkanes of at least 4 members (excludes halogenated alkanes) is 2. The summed E-state index contributed by atoms with van der Waals surface area (Å²) < 4.78 is 5.29. The highest BCUT2D eigenvalue weighted by Crippen LogP contribution is 2.12. The first-order valence-corrected chi connectivity index (χ1v) is 6.93. The molecule has 1 saturated heterocycles. The zero-order valence-corrected chi connectivity index (χ0v) is 11.2. The number of piperazine rings is 1. The number of amides is 1. The van der Waals surface area contributed by atoms with Gasteiger partial charge in [0.15, 0.2) is 0 Å². The summed E-state index contributed by atoms with van der Waals surface area (Å²) in [7, 11) is 0. The molecular formula is C13H26N2O2. The van der Waals surface area contributed by atoms with Gasteiger partial charge in [0.05, 0.1) is 6.61 Å². The first kappa shape index (κ1) is 14.3. The highest BCUT2D eigenvalue weighted by atomic mass is 16.6. The van der Waals surface area contributed by atoms with E-state index in [1.807, 2.05) is 4.90 Å². The van der Waals surface area contributed by atoms with E-state index in [-0.39, 0.29) is 6.09 Å². The van der Waals surface area contributed by atoms with E-state index < -0.39 is 0 Å². The molecule has 1 aliphatic heterocycles. The van der Waals surface area contributed by atoms with Crippen LogP contribution in [0.25, 0.3) is 0 Å². The Morgan fingerprint density at radius 2 is 2.12 bits per heavy atom. The maximum atomic E-state index is 11.9. The van der Waals surface area contributed by atoms with E-state index >= 15 is 0 Å². The van der Waals surface area contributed by atoms with E-state index in [0.29, 0.717) is 12.6 Å². The minimum atomic E-state index is -0.124. The third-order valence-electron chi connectivity index (χ3n) is 3.20. The normalized spacial score (nSPS) is 20.4. The number of nitrogens with zero attached hydrogens (tertiary/aromatic N) is 1. The van der Waals surface area contributed by atoms with Crippen LogP contribution < -0.4 is 5.32 Å². The van der Waals surface area contributed by atoms with E-state index in [0.717, 1.165) is 38.9 Å². The largest absolute Gasteiger partial charge is 0.449 e. The summed E-state index contributed by atoms with van der Waals surface area (Å²) in [4.78, 5) is 13.8. The van der Waals surface area contributed by atoms with Crippen LogP contribution in [0.4, 0.5) is 4.79 Å². The van der Waals surface area contributed by atoms with Gasteiger partial charge in [-0.25, -0.2) is 4.79 Å². The van der Waals surface area contributed by atoms with Gasteiger partial charge >= 0.3 is 6.09 Å². The van der Waals surface area contributed by atoms with E-state index in [9.17, 15) is 4.79 Å². The molecule has 0 aromatic heterocycles. The molecular weight excluding hydrogens is 216 g/mol. The average molecular weight is 242 g/mol. The van der Waals surface area contributed by atoms with Crippen molar-refractivity contribution in [1.29, 1.82) is 0 Å². The molecule has 100 valence electrons. The summed E-state index contributed by atoms with van der Waals surface area (Å²) in [6.45, 7) is 7.40. The molecule has 0 aliphatic carbocycles. The highest BCUT2D eigenvalue weighted by molar-refractivity contribution is 5.68. The lowest BCUT2D eigenvalue weighted by atomic mass is 10.1. The molecule has 1 heterocycles. The average Bonchev–Trinajstić information content (AvgIpc) is 2.37. The van der Waals surface area contributed by atoms with Crippen LogP contribution in [0.2, 0.25) is 0 Å². The smallest absolute Gasteiger partial charge is 0.410 e. The van der Waals surface area contributed by atoms with Gasteiger partial charge in [-0.3, -0.25) is 0 Å². The number of rotatable bonds is 6. The van der Waals surface area contributed by atoms with Crippen molar-refractivity contribution in [2.45, 2.75) is 52.0 Å². The maximum absolute atomic E-state index is 11.9. The van der Waals surface area contributed by atoms with Crippen molar-refractivity contribution < 1.29 is 9.53 Å². The molecule has 1 atom stereocenters. The number of hydrogen-bond acceptors (Lipinski definition) is 3. The number of carbonyl (C=O) groups is 1. The zero-order valence-electron chi connectivity index (χ0n) is 11.2. The van der Waals surface area contributed by atoms with E-state index in [4.69, 9.17) is 4.74 Å². The van der Waals surface area contributed by atoms with Crippen molar-refractivity contribution >= 4 is 6.09 Å². The van der Waals surface area contributed by atoms with Crippen molar-refractivity contribution in [3.05, 3.63) is 0 Å². The molecule has 4 heteroatoms. The molecule has 1 rings (SSSR count). The summed E-state index contributed by atoms with van der Waals surface area (Å²) >= 11 is 0. The Labute approximate surface area is 105 Å². The highest BCUT2D eigenvalue weighted by Gasteiger charge is 2.26. The second-order valence-electron chi connectivity index (χ2n) is 4.66. The van der Waals surface area contributed by atoms with Gasteiger partial charge in [0.2, 0.25) is 0 Å². The molecule has 17 heavy (non-hydrogen) atoms. The SMILES string of the molecule is CCCCOC(=O)N1CCNC[C@@H]1CCCC. The fourth-order valence-electron chi connectivity index (χ4n) is 2.09. The van der Waals surface area contributed by atoms with Crippen molar-refractivity contribution in [3.63, 3.8) is 0 Å². The lowest BCUT2D eigenvalue weighted by molar-refractivity contribution is 0.0739. The topological polar surface area (TPSA) is 41.6 Å². The Morgan fingerprint density at radius 1 is 1.35 bits per heavy atom. The first-order valence-electron chi connectivity index (χ1n) is 6.93. The van der Waals surface area contributed by atoms with Crippen LogP contribution in [0.1, 0.15) is 46.0 Å². The van der Waals surface area contributed by atoms with Gasteiger partial charge in [-0.1, -0.05) is 33.1 Å². The number of ether oxygens (including phenoxy) is 1. The molecule has 0 saturated carbocycles. The van der Waals surface area contributed by atoms with Gasteiger partial charge in [-0.05, 0) is 12.8 Å². The lowest BCUT2D eigenvalue weighted by Gasteiger charge is -2.35. The summed E-state index contributed by atoms with van der Waals surface area (Å²) in [5.74, 6) is 0. The van der Waals surface area contributed by atoms with Gasteiger partial charge in [-0.15, -0.1) is 0 Å². The van der Waals surface area contributed by atoms with Gasteiger partial charge in [0.25, 0.3) is 0 Å². The van der Waals surface area contributed by atoms with E-state index in [2.05, 4.69) is 19.2 Å². The quantitative estimate of drug-likeness (QED) is 0.727. The predicted octanol–water partition coefficient (Wildman–Crippen LogP) is 2.39. The van der Waals surface area contributed by atoms with Crippen molar-refractivity contribution in [2.24, 2.45) is 0 Å². The van der Waals surface area contributed by atoms with Crippen LogP contribution in [0.15, 0.2) is 0 Å². The molecule has 1 aliphatic rings. The zero-order chi connectivity index (χ0) is 12.5. The van der Waals surface area contributed by atoms with Crippen molar-refractivity contribution in [1.82, 2.24) is 10.2 Å². The van der Waals surface area contributed by atoms with Crippen molar-refractivity contribution in [2.75, 3.05) is 26.2 Å². The van der Waals surface area contributed by atoms with Crippen LogP contribution >= 0.6 is 0 Å². The van der Waals surface area contributed by atoms with Gasteiger partial charge in [0, 0.05) is 25.7 Å². The van der Waals surface area contributed by atoms with Crippen LogP contribution in [0.5, 0.6) is 0 Å². The Hall–Kier alpha value is -0.770. The summed E-state index contributed by atoms with van der Waals surface area (Å²) in [6.07, 6.45) is 5.32. The van der Waals surface area contributed by atoms with Crippen LogP contribution in [0.3, 0.4) is 0 Å². The first-order chi connectivity index (χ1) is 8.29. The third kappa shape index (κ3) is 4.94. The van der Waals surface area contributed by atoms with Crippen LogP contribution in [-0.2, 0) is 4.74 Å². The summed E-state index contributed by atoms with van der Waals surface area (Å²) in [6, 6.07) is 0.317. The summed E-state index contributed by atoms with van der Waals surface area (Å²) in [5, 5.41) is 3.35. The molecule has 0 bridgehead atoms. The maximum Gasteiger partial charge on any atom is 0.410 e. The number of carbonyl (C=O) groups excluding carboxylic acids is 1. The molecule has 1 fully saturated rings. The van der Waals surface area contributed by atoms with Gasteiger partial charge in [0.1, 0.15) is 0 Å². The molecule has 0 radical (unpaired) electrons. The second-order valence-corrected chi connectivity index (χ2v) is 4.66. The Bertz CT molecular complexity index is 221. The fraction of sp³-hybridized carbons (Fsp3) is 0.923. The third-order valence-corrected chi connectivity index (χ3v) is 3.20. The molecule has 0 spiro atoms. The molecule has 1 N–H and O–H groups in total. The standard InChI is InChI=1S/C13H26N2O2/c1-3-5-7-12-11-14-8-9-15(12)13(16)17-10-6-4-2/h12,14H,3-11H2,1-2H3/t12-/m0/s1. The Balaban J connectivity index is 2.37. The minimum absolute atomic E-state index is 0.124. The Morgan fingerprint density at radius 3 is 2.82 bits per heavy atom. The summed E-state index contributed by atoms with van der Waals surface area (Å²) in [5.41, 5.74) is 0. The van der Waals surface area contributed by atoms with Gasteiger partial charge < -0.3 is 15.0 Å². The van der Waals surface area contributed by atoms with Gasteiger partial charge in [-0.2, -0.15) is 0 Å². The molecule has 0 aromatic rings. The number of nitrogens with one attached hydrogen (secondary N) is 1. The predicted molar refractivity (Wildman–Crippen MR) is 69.1 cm³/mol. The number of hydrogen-bond donors (Lipinski definition) is 1. The van der Waals surface area contributed by atoms with E-state index in [1.165, 1.54) is 12.8 Å². The van der Waals surface area contributed by atoms with Crippen LogP contribution in [-0.4, -0.2) is 43.3 Å². The lowest BCUT2D eigenvalue weighted by Crippen LogP contribution is -2.53. The minimum Gasteiger partial charge on any atom is -0.449 e. The molecule has 0 aromatic carbocycles. The van der Waals surface area contributed by atoms with Crippen LogP contribution in [0, 0.1) is 0 Å². The monoisotopic (exact) mass is 242 g/mol. The second kappa shape index (κ2) is 8.34.